The van der Waals surface area contributed by atoms with Crippen LogP contribution in [0, 0.1) is 0 Å². The first-order valence-corrected chi connectivity index (χ1v) is 7.91. The summed E-state index contributed by atoms with van der Waals surface area (Å²) in [6.07, 6.45) is 0.960. The Balaban J connectivity index is 2.16. The minimum atomic E-state index is 0.352. The zero-order valence-electron chi connectivity index (χ0n) is 10.1. The highest BCUT2D eigenvalue weighted by Crippen LogP contribution is 2.29. The summed E-state index contributed by atoms with van der Waals surface area (Å²) in [5.41, 5.74) is 1.26. The van der Waals surface area contributed by atoms with Gasteiger partial charge < -0.3 is 5.32 Å². The second-order valence-electron chi connectivity index (χ2n) is 4.09. The van der Waals surface area contributed by atoms with Gasteiger partial charge in [0, 0.05) is 15.9 Å². The largest absolute Gasteiger partial charge is 0.309 e. The SMILES string of the molecule is CCNC(Cc1cccc(Cl)c1)c1ccc(Br)s1. The van der Waals surface area contributed by atoms with Crippen LogP contribution >= 0.6 is 38.9 Å². The van der Waals surface area contributed by atoms with Crippen LogP contribution in [-0.4, -0.2) is 6.54 Å². The molecule has 0 saturated heterocycles. The summed E-state index contributed by atoms with van der Waals surface area (Å²) in [7, 11) is 0. The predicted octanol–water partition coefficient (Wildman–Crippen LogP) is 5.06. The lowest BCUT2D eigenvalue weighted by Crippen LogP contribution is -2.22. The van der Waals surface area contributed by atoms with Crippen LogP contribution in [-0.2, 0) is 6.42 Å². The molecule has 0 radical (unpaired) electrons. The number of rotatable bonds is 5. The molecular formula is C14H15BrClNS. The molecule has 96 valence electrons. The van der Waals surface area contributed by atoms with Gasteiger partial charge >= 0.3 is 0 Å². The Kier molecular flexibility index (Phi) is 5.25. The molecule has 18 heavy (non-hydrogen) atoms. The van der Waals surface area contributed by atoms with Crippen molar-refractivity contribution in [2.45, 2.75) is 19.4 Å². The van der Waals surface area contributed by atoms with E-state index in [9.17, 15) is 0 Å². The Hall–Kier alpha value is -0.350. The molecule has 1 atom stereocenters. The van der Waals surface area contributed by atoms with E-state index in [4.69, 9.17) is 11.6 Å². The average molecular weight is 345 g/mol. The van der Waals surface area contributed by atoms with Crippen LogP contribution in [0.4, 0.5) is 0 Å². The number of likely N-dealkylation sites (N-methyl/N-ethyl adjacent to an activating group) is 1. The average Bonchev–Trinajstić information content (AvgIpc) is 2.75. The maximum atomic E-state index is 6.03. The molecule has 0 aliphatic rings. The Labute approximate surface area is 125 Å². The van der Waals surface area contributed by atoms with Crippen LogP contribution in [0.2, 0.25) is 5.02 Å². The van der Waals surface area contributed by atoms with Crippen LogP contribution in [0.25, 0.3) is 0 Å². The number of nitrogens with one attached hydrogen (secondary N) is 1. The molecule has 1 aromatic heterocycles. The topological polar surface area (TPSA) is 12.0 Å². The molecule has 1 nitrogen and oxygen atoms in total. The second kappa shape index (κ2) is 6.71. The second-order valence-corrected chi connectivity index (χ2v) is 7.02. The van der Waals surface area contributed by atoms with Gasteiger partial charge in [-0.2, -0.15) is 0 Å². The molecule has 2 aromatic rings. The van der Waals surface area contributed by atoms with Crippen molar-refractivity contribution in [2.24, 2.45) is 0 Å². The molecular weight excluding hydrogens is 330 g/mol. The fourth-order valence-electron chi connectivity index (χ4n) is 1.93. The molecule has 0 amide bonds. The molecule has 4 heteroatoms. The molecule has 0 spiro atoms. The van der Waals surface area contributed by atoms with E-state index in [2.05, 4.69) is 46.4 Å². The molecule has 0 bridgehead atoms. The number of thiophene rings is 1. The number of benzene rings is 1. The van der Waals surface area contributed by atoms with E-state index in [0.717, 1.165) is 18.0 Å². The van der Waals surface area contributed by atoms with Gasteiger partial charge in [0.15, 0.2) is 0 Å². The third kappa shape index (κ3) is 3.82. The van der Waals surface area contributed by atoms with Crippen molar-refractivity contribution in [1.82, 2.24) is 5.32 Å². The first-order valence-electron chi connectivity index (χ1n) is 5.92. The smallest absolute Gasteiger partial charge is 0.0701 e. The zero-order valence-corrected chi connectivity index (χ0v) is 13.3. The first kappa shape index (κ1) is 14.1. The van der Waals surface area contributed by atoms with Gasteiger partial charge in [-0.3, -0.25) is 0 Å². The summed E-state index contributed by atoms with van der Waals surface area (Å²) in [6.45, 7) is 3.09. The minimum Gasteiger partial charge on any atom is -0.309 e. The maximum absolute atomic E-state index is 6.03. The molecule has 0 saturated carbocycles. The Morgan fingerprint density at radius 3 is 2.78 bits per heavy atom. The molecule has 1 unspecified atom stereocenters. The Morgan fingerprint density at radius 1 is 1.33 bits per heavy atom. The van der Waals surface area contributed by atoms with Gasteiger partial charge in [-0.15, -0.1) is 11.3 Å². The van der Waals surface area contributed by atoms with Gasteiger partial charge in [-0.05, 0) is 58.7 Å². The van der Waals surface area contributed by atoms with Crippen molar-refractivity contribution in [2.75, 3.05) is 6.54 Å². The lowest BCUT2D eigenvalue weighted by molar-refractivity contribution is 0.558. The summed E-state index contributed by atoms with van der Waals surface area (Å²) in [5.74, 6) is 0. The van der Waals surface area contributed by atoms with Crippen LogP contribution in [0.3, 0.4) is 0 Å². The van der Waals surface area contributed by atoms with E-state index in [1.807, 2.05) is 18.2 Å². The van der Waals surface area contributed by atoms with Crippen molar-refractivity contribution < 1.29 is 0 Å². The first-order chi connectivity index (χ1) is 8.69. The molecule has 1 aromatic carbocycles. The van der Waals surface area contributed by atoms with E-state index < -0.39 is 0 Å². The lowest BCUT2D eigenvalue weighted by Gasteiger charge is -2.16. The monoisotopic (exact) mass is 343 g/mol. The van der Waals surface area contributed by atoms with Crippen LogP contribution in [0.5, 0.6) is 0 Å². The number of hydrogen-bond acceptors (Lipinski definition) is 2. The highest BCUT2D eigenvalue weighted by atomic mass is 79.9. The summed E-state index contributed by atoms with van der Waals surface area (Å²) >= 11 is 11.3. The minimum absolute atomic E-state index is 0.352. The summed E-state index contributed by atoms with van der Waals surface area (Å²) in [4.78, 5) is 1.35. The molecule has 0 fully saturated rings. The van der Waals surface area contributed by atoms with Gasteiger partial charge in [0.2, 0.25) is 0 Å². The molecule has 0 aliphatic heterocycles. The van der Waals surface area contributed by atoms with Crippen molar-refractivity contribution in [3.63, 3.8) is 0 Å². The summed E-state index contributed by atoms with van der Waals surface area (Å²) in [6, 6.07) is 12.7. The number of halogens is 2. The van der Waals surface area contributed by atoms with E-state index in [0.29, 0.717) is 6.04 Å². The van der Waals surface area contributed by atoms with E-state index in [1.54, 1.807) is 11.3 Å². The van der Waals surface area contributed by atoms with Gasteiger partial charge in [0.1, 0.15) is 0 Å². The molecule has 2 rings (SSSR count). The van der Waals surface area contributed by atoms with Crippen molar-refractivity contribution >= 4 is 38.9 Å². The molecule has 1 N–H and O–H groups in total. The molecule has 0 aliphatic carbocycles. The van der Waals surface area contributed by atoms with Gasteiger partial charge in [0.25, 0.3) is 0 Å². The quantitative estimate of drug-likeness (QED) is 0.799. The Morgan fingerprint density at radius 2 is 2.17 bits per heavy atom. The van der Waals surface area contributed by atoms with Crippen LogP contribution < -0.4 is 5.32 Å². The van der Waals surface area contributed by atoms with Crippen LogP contribution in [0.1, 0.15) is 23.4 Å². The van der Waals surface area contributed by atoms with E-state index >= 15 is 0 Å². The predicted molar refractivity (Wildman–Crippen MR) is 83.6 cm³/mol. The number of hydrogen-bond donors (Lipinski definition) is 1. The Bertz CT molecular complexity index is 512. The van der Waals surface area contributed by atoms with Crippen molar-refractivity contribution in [3.8, 4) is 0 Å². The standard InChI is InChI=1S/C14H15BrClNS/c1-2-17-12(13-6-7-14(15)18-13)9-10-4-3-5-11(16)8-10/h3-8,12,17H,2,9H2,1H3. The fourth-order valence-corrected chi connectivity index (χ4v) is 3.65. The maximum Gasteiger partial charge on any atom is 0.0701 e. The van der Waals surface area contributed by atoms with Crippen LogP contribution in [0.15, 0.2) is 40.2 Å². The zero-order chi connectivity index (χ0) is 13.0. The fraction of sp³-hybridized carbons (Fsp3) is 0.286. The van der Waals surface area contributed by atoms with Gasteiger partial charge in [-0.25, -0.2) is 0 Å². The lowest BCUT2D eigenvalue weighted by atomic mass is 10.0. The highest BCUT2D eigenvalue weighted by Gasteiger charge is 2.13. The third-order valence-electron chi connectivity index (χ3n) is 2.72. The third-order valence-corrected chi connectivity index (χ3v) is 4.69. The van der Waals surface area contributed by atoms with Gasteiger partial charge in [0.05, 0.1) is 3.79 Å². The van der Waals surface area contributed by atoms with Gasteiger partial charge in [-0.1, -0.05) is 30.7 Å². The summed E-state index contributed by atoms with van der Waals surface area (Å²) in [5, 5.41) is 4.33. The molecule has 1 heterocycles. The van der Waals surface area contributed by atoms with E-state index in [1.165, 1.54) is 14.2 Å². The summed E-state index contributed by atoms with van der Waals surface area (Å²) < 4.78 is 1.17. The normalized spacial score (nSPS) is 12.6. The van der Waals surface area contributed by atoms with E-state index in [-0.39, 0.29) is 0 Å². The van der Waals surface area contributed by atoms with Crippen molar-refractivity contribution in [1.29, 1.82) is 0 Å². The highest BCUT2D eigenvalue weighted by molar-refractivity contribution is 9.11. The van der Waals surface area contributed by atoms with Crippen molar-refractivity contribution in [3.05, 3.63) is 55.6 Å².